The van der Waals surface area contributed by atoms with Gasteiger partial charge in [0.1, 0.15) is 6.54 Å². The van der Waals surface area contributed by atoms with E-state index in [1.807, 2.05) is 11.8 Å². The second-order valence-electron chi connectivity index (χ2n) is 6.24. The smallest absolute Gasteiger partial charge is 0.244 e. The van der Waals surface area contributed by atoms with Gasteiger partial charge in [-0.2, -0.15) is 0 Å². The topological polar surface area (TPSA) is 77.0 Å². The highest BCUT2D eigenvalue weighted by Gasteiger charge is 2.16. The number of hydrogen-bond acceptors (Lipinski definition) is 3. The molecule has 26 heavy (non-hydrogen) atoms. The predicted molar refractivity (Wildman–Crippen MR) is 106 cm³/mol. The molecule has 1 amide bonds. The zero-order chi connectivity index (χ0) is 18.9. The minimum Gasteiger partial charge on any atom is -0.387 e. The van der Waals surface area contributed by atoms with Crippen LogP contribution < -0.4 is 10.6 Å². The van der Waals surface area contributed by atoms with Gasteiger partial charge < -0.3 is 20.6 Å². The summed E-state index contributed by atoms with van der Waals surface area (Å²) in [4.78, 5) is 18.4. The number of carbonyl (C=O) groups excluding carboxylic acids is 1. The van der Waals surface area contributed by atoms with Gasteiger partial charge in [-0.25, -0.2) is 4.99 Å². The average molecular weight is 401 g/mol. The van der Waals surface area contributed by atoms with E-state index in [4.69, 9.17) is 23.2 Å². The molecular weight excluding hydrogens is 375 g/mol. The van der Waals surface area contributed by atoms with Crippen molar-refractivity contribution in [3.63, 3.8) is 0 Å². The van der Waals surface area contributed by atoms with Crippen molar-refractivity contribution in [2.75, 3.05) is 32.7 Å². The van der Waals surface area contributed by atoms with Gasteiger partial charge in [0.05, 0.1) is 6.10 Å². The largest absolute Gasteiger partial charge is 0.387 e. The first-order chi connectivity index (χ1) is 12.5. The van der Waals surface area contributed by atoms with Crippen LogP contribution in [0.2, 0.25) is 10.0 Å². The SMILES string of the molecule is CCNC(=NCC(=O)N1CCCCC1)NCC(O)c1cc(Cl)cc(Cl)c1. The number of amides is 1. The number of benzene rings is 1. The van der Waals surface area contributed by atoms with E-state index in [0.29, 0.717) is 28.1 Å². The Morgan fingerprint density at radius 2 is 1.85 bits per heavy atom. The number of carbonyl (C=O) groups is 1. The summed E-state index contributed by atoms with van der Waals surface area (Å²) in [7, 11) is 0. The molecular formula is C18H26Cl2N4O2. The Kier molecular flexibility index (Phi) is 8.48. The number of likely N-dealkylation sites (tertiary alicyclic amines) is 1. The molecule has 144 valence electrons. The summed E-state index contributed by atoms with van der Waals surface area (Å²) >= 11 is 11.9. The van der Waals surface area contributed by atoms with Crippen molar-refractivity contribution >= 4 is 35.1 Å². The minimum atomic E-state index is -0.798. The number of nitrogens with one attached hydrogen (secondary N) is 2. The van der Waals surface area contributed by atoms with Crippen LogP contribution in [-0.2, 0) is 4.79 Å². The Balaban J connectivity index is 1.90. The van der Waals surface area contributed by atoms with E-state index in [9.17, 15) is 9.90 Å². The monoisotopic (exact) mass is 400 g/mol. The summed E-state index contributed by atoms with van der Waals surface area (Å²) in [5, 5.41) is 17.4. The van der Waals surface area contributed by atoms with E-state index < -0.39 is 6.10 Å². The molecule has 1 aromatic carbocycles. The maximum Gasteiger partial charge on any atom is 0.244 e. The fourth-order valence-corrected chi connectivity index (χ4v) is 3.35. The molecule has 3 N–H and O–H groups in total. The minimum absolute atomic E-state index is 0.0316. The number of nitrogens with zero attached hydrogens (tertiary/aromatic N) is 2. The van der Waals surface area contributed by atoms with Gasteiger partial charge in [0, 0.05) is 36.2 Å². The lowest BCUT2D eigenvalue weighted by atomic mass is 10.1. The number of rotatable bonds is 6. The van der Waals surface area contributed by atoms with Crippen molar-refractivity contribution < 1.29 is 9.90 Å². The normalized spacial score (nSPS) is 16.3. The lowest BCUT2D eigenvalue weighted by Crippen LogP contribution is -2.41. The third-order valence-corrected chi connectivity index (χ3v) is 4.59. The van der Waals surface area contributed by atoms with E-state index in [0.717, 1.165) is 25.9 Å². The van der Waals surface area contributed by atoms with Gasteiger partial charge in [-0.3, -0.25) is 4.79 Å². The third-order valence-electron chi connectivity index (χ3n) is 4.16. The Hall–Kier alpha value is -1.50. The summed E-state index contributed by atoms with van der Waals surface area (Å²) in [5.41, 5.74) is 0.621. The van der Waals surface area contributed by atoms with E-state index in [1.54, 1.807) is 18.2 Å². The molecule has 1 aromatic rings. The van der Waals surface area contributed by atoms with Crippen LogP contribution in [0, 0.1) is 0 Å². The summed E-state index contributed by atoms with van der Waals surface area (Å²) in [6.07, 6.45) is 2.50. The first-order valence-electron chi connectivity index (χ1n) is 8.93. The molecule has 0 aromatic heterocycles. The molecule has 6 nitrogen and oxygen atoms in total. The Morgan fingerprint density at radius 3 is 2.46 bits per heavy atom. The maximum atomic E-state index is 12.2. The number of aliphatic hydroxyl groups is 1. The number of hydrogen-bond donors (Lipinski definition) is 3. The molecule has 2 rings (SSSR count). The Labute approximate surface area is 164 Å². The van der Waals surface area contributed by atoms with Crippen LogP contribution in [0.1, 0.15) is 37.9 Å². The van der Waals surface area contributed by atoms with Gasteiger partial charge in [-0.05, 0) is 49.9 Å². The first kappa shape index (κ1) is 20.8. The fraction of sp³-hybridized carbons (Fsp3) is 0.556. The molecule has 1 aliphatic heterocycles. The highest BCUT2D eigenvalue weighted by Crippen LogP contribution is 2.23. The fourth-order valence-electron chi connectivity index (χ4n) is 2.81. The molecule has 0 saturated carbocycles. The molecule has 0 aliphatic carbocycles. The molecule has 8 heteroatoms. The van der Waals surface area contributed by atoms with Crippen molar-refractivity contribution in [3.8, 4) is 0 Å². The highest BCUT2D eigenvalue weighted by atomic mass is 35.5. The summed E-state index contributed by atoms with van der Waals surface area (Å²) in [6, 6.07) is 4.96. The molecule has 1 saturated heterocycles. The molecule has 1 fully saturated rings. The van der Waals surface area contributed by atoms with Gasteiger partial charge in [0.15, 0.2) is 5.96 Å². The maximum absolute atomic E-state index is 12.2. The summed E-state index contributed by atoms with van der Waals surface area (Å²) in [6.45, 7) is 4.54. The lowest BCUT2D eigenvalue weighted by molar-refractivity contribution is -0.130. The lowest BCUT2D eigenvalue weighted by Gasteiger charge is -2.26. The van der Waals surface area contributed by atoms with Gasteiger partial charge >= 0.3 is 0 Å². The van der Waals surface area contributed by atoms with E-state index in [-0.39, 0.29) is 19.0 Å². The number of piperidine rings is 1. The van der Waals surface area contributed by atoms with Crippen molar-refractivity contribution in [2.24, 2.45) is 4.99 Å². The number of aliphatic imine (C=N–C) groups is 1. The van der Waals surface area contributed by atoms with Crippen LogP contribution in [0.15, 0.2) is 23.2 Å². The van der Waals surface area contributed by atoms with Crippen LogP contribution in [-0.4, -0.2) is 54.6 Å². The van der Waals surface area contributed by atoms with Crippen molar-refractivity contribution in [3.05, 3.63) is 33.8 Å². The molecule has 0 bridgehead atoms. The summed E-state index contributed by atoms with van der Waals surface area (Å²) in [5.74, 6) is 0.522. The van der Waals surface area contributed by atoms with E-state index >= 15 is 0 Å². The van der Waals surface area contributed by atoms with Crippen LogP contribution >= 0.6 is 23.2 Å². The van der Waals surface area contributed by atoms with Crippen molar-refractivity contribution in [1.82, 2.24) is 15.5 Å². The molecule has 1 heterocycles. The zero-order valence-corrected chi connectivity index (χ0v) is 16.5. The molecule has 1 atom stereocenters. The van der Waals surface area contributed by atoms with Crippen molar-refractivity contribution in [1.29, 1.82) is 0 Å². The Bertz CT molecular complexity index is 613. The number of guanidine groups is 1. The van der Waals surface area contributed by atoms with Gasteiger partial charge in [-0.15, -0.1) is 0 Å². The second-order valence-corrected chi connectivity index (χ2v) is 7.11. The van der Waals surface area contributed by atoms with Gasteiger partial charge in [-0.1, -0.05) is 23.2 Å². The standard InChI is InChI=1S/C18H26Cl2N4O2/c1-2-21-18(23-12-17(26)24-6-4-3-5-7-24)22-11-16(25)13-8-14(19)10-15(20)9-13/h8-10,16,25H,2-7,11-12H2,1H3,(H2,21,22,23). The highest BCUT2D eigenvalue weighted by molar-refractivity contribution is 6.34. The zero-order valence-electron chi connectivity index (χ0n) is 15.0. The van der Waals surface area contributed by atoms with E-state index in [1.165, 1.54) is 6.42 Å². The molecule has 0 spiro atoms. The summed E-state index contributed by atoms with van der Waals surface area (Å²) < 4.78 is 0. The second kappa shape index (κ2) is 10.6. The molecule has 1 unspecified atom stereocenters. The van der Waals surface area contributed by atoms with E-state index in [2.05, 4.69) is 15.6 Å². The van der Waals surface area contributed by atoms with Gasteiger partial charge in [0.25, 0.3) is 0 Å². The molecule has 1 aliphatic rings. The molecule has 0 radical (unpaired) electrons. The van der Waals surface area contributed by atoms with Gasteiger partial charge in [0.2, 0.25) is 5.91 Å². The number of aliphatic hydroxyl groups excluding tert-OH is 1. The average Bonchev–Trinajstić information content (AvgIpc) is 2.63. The Morgan fingerprint density at radius 1 is 1.19 bits per heavy atom. The first-order valence-corrected chi connectivity index (χ1v) is 9.69. The van der Waals surface area contributed by atoms with Crippen LogP contribution in [0.5, 0.6) is 0 Å². The van der Waals surface area contributed by atoms with Crippen molar-refractivity contribution in [2.45, 2.75) is 32.3 Å². The number of halogens is 2. The van der Waals surface area contributed by atoms with Crippen LogP contribution in [0.4, 0.5) is 0 Å². The van der Waals surface area contributed by atoms with Crippen LogP contribution in [0.25, 0.3) is 0 Å². The quantitative estimate of drug-likeness (QED) is 0.506. The van der Waals surface area contributed by atoms with Crippen LogP contribution in [0.3, 0.4) is 0 Å². The predicted octanol–water partition coefficient (Wildman–Crippen LogP) is 2.59. The third kappa shape index (κ3) is 6.67.